The highest BCUT2D eigenvalue weighted by Crippen LogP contribution is 2.59. The summed E-state index contributed by atoms with van der Waals surface area (Å²) in [5.74, 6) is 1.95. The number of unbranched alkanes of at least 4 members (excludes halogenated alkanes) is 1. The number of nitrogen functional groups attached to an aromatic ring is 1. The molecular formula is C43H57FN6O3. The second kappa shape index (κ2) is 16.2. The van der Waals surface area contributed by atoms with E-state index in [9.17, 15) is 9.90 Å². The van der Waals surface area contributed by atoms with Crippen LogP contribution in [0.4, 0.5) is 10.2 Å². The molecule has 2 aromatic heterocycles. The Morgan fingerprint density at radius 1 is 1.17 bits per heavy atom. The summed E-state index contributed by atoms with van der Waals surface area (Å²) in [6.07, 6.45) is 21.1. The van der Waals surface area contributed by atoms with Gasteiger partial charge in [-0.05, 0) is 79.5 Å². The molecule has 0 radical (unpaired) electrons. The van der Waals surface area contributed by atoms with Crippen LogP contribution in [0.25, 0.3) is 11.1 Å². The SMILES string of the molecule is CC1CC(CCCCO)C(C)CN(CC2=CCC(c3ccc(COC4CC45CCCC5NC(=O)c4cc(-c5cnn(C)c5)cnc4N)c(F)c3)C=C2)C1. The van der Waals surface area contributed by atoms with E-state index in [4.69, 9.17) is 10.5 Å². The Balaban J connectivity index is 0.898. The number of likely N-dealkylation sites (tertiary alicyclic amines) is 1. The third kappa shape index (κ3) is 8.60. The lowest BCUT2D eigenvalue weighted by Gasteiger charge is -2.27. The van der Waals surface area contributed by atoms with Crippen LogP contribution in [-0.2, 0) is 18.4 Å². The minimum atomic E-state index is -0.233. The van der Waals surface area contributed by atoms with Gasteiger partial charge in [0.05, 0.1) is 24.5 Å². The number of pyridine rings is 1. The van der Waals surface area contributed by atoms with Crippen molar-refractivity contribution in [2.75, 3.05) is 32.0 Å². The number of aryl methyl sites for hydroxylation is 1. The first-order valence-electron chi connectivity index (χ1n) is 19.8. The van der Waals surface area contributed by atoms with E-state index < -0.39 is 0 Å². The molecule has 4 N–H and O–H groups in total. The molecule has 1 aromatic carbocycles. The summed E-state index contributed by atoms with van der Waals surface area (Å²) in [7, 11) is 1.84. The Bertz CT molecular complexity index is 1820. The number of aliphatic hydroxyl groups is 1. The van der Waals surface area contributed by atoms with E-state index in [2.05, 4.69) is 52.4 Å². The van der Waals surface area contributed by atoms with Gasteiger partial charge < -0.3 is 20.9 Å². The van der Waals surface area contributed by atoms with Crippen molar-refractivity contribution in [3.05, 3.63) is 89.2 Å². The van der Waals surface area contributed by atoms with Crippen LogP contribution >= 0.6 is 0 Å². The highest BCUT2D eigenvalue weighted by molar-refractivity contribution is 5.99. The van der Waals surface area contributed by atoms with E-state index in [1.165, 1.54) is 18.4 Å². The Hall–Kier alpha value is -3.86. The first kappa shape index (κ1) is 37.5. The second-order valence-electron chi connectivity index (χ2n) is 16.5. The van der Waals surface area contributed by atoms with Crippen LogP contribution in [0.1, 0.15) is 99.0 Å². The van der Waals surface area contributed by atoms with E-state index >= 15 is 4.39 Å². The minimum absolute atomic E-state index is 0.0243. The molecule has 3 aromatic rings. The quantitative estimate of drug-likeness (QED) is 0.160. The number of rotatable bonds is 13. The monoisotopic (exact) mass is 724 g/mol. The van der Waals surface area contributed by atoms with Crippen LogP contribution in [0.3, 0.4) is 0 Å². The molecule has 9 nitrogen and oxygen atoms in total. The van der Waals surface area contributed by atoms with Gasteiger partial charge in [0, 0.05) is 79.7 Å². The fraction of sp³-hybridized carbons (Fsp3) is 0.558. The molecule has 284 valence electrons. The highest BCUT2D eigenvalue weighted by atomic mass is 19.1. The zero-order valence-corrected chi connectivity index (χ0v) is 31.6. The van der Waals surface area contributed by atoms with E-state index in [1.54, 1.807) is 29.2 Å². The van der Waals surface area contributed by atoms with Crippen molar-refractivity contribution in [1.29, 1.82) is 0 Å². The lowest BCUT2D eigenvalue weighted by Crippen LogP contribution is -2.40. The minimum Gasteiger partial charge on any atom is -0.396 e. The number of carbonyl (C=O) groups excluding carboxylic acids is 1. The molecule has 1 saturated heterocycles. The van der Waals surface area contributed by atoms with Crippen LogP contribution in [0.2, 0.25) is 0 Å². The molecule has 3 fully saturated rings. The number of nitrogens with zero attached hydrogens (tertiary/aromatic N) is 4. The average Bonchev–Trinajstić information content (AvgIpc) is 3.48. The van der Waals surface area contributed by atoms with Crippen LogP contribution in [0.15, 0.2) is 66.7 Å². The average molecular weight is 725 g/mol. The van der Waals surface area contributed by atoms with Crippen LogP contribution in [0.5, 0.6) is 0 Å². The van der Waals surface area contributed by atoms with Crippen molar-refractivity contribution in [1.82, 2.24) is 25.0 Å². The summed E-state index contributed by atoms with van der Waals surface area (Å²) in [5, 5.41) is 16.7. The van der Waals surface area contributed by atoms with Crippen molar-refractivity contribution in [2.24, 2.45) is 30.2 Å². The van der Waals surface area contributed by atoms with Gasteiger partial charge in [0.15, 0.2) is 0 Å². The topological polar surface area (TPSA) is 119 Å². The summed E-state index contributed by atoms with van der Waals surface area (Å²) < 4.78 is 23.5. The maximum atomic E-state index is 15.5. The van der Waals surface area contributed by atoms with E-state index in [1.807, 2.05) is 25.4 Å². The number of nitrogens with one attached hydrogen (secondary N) is 1. The third-order valence-electron chi connectivity index (χ3n) is 12.5. The summed E-state index contributed by atoms with van der Waals surface area (Å²) in [6.45, 7) is 8.48. The molecule has 7 rings (SSSR count). The molecule has 7 unspecified atom stereocenters. The predicted molar refractivity (Wildman–Crippen MR) is 206 cm³/mol. The van der Waals surface area contributed by atoms with Gasteiger partial charge in [-0.15, -0.1) is 0 Å². The van der Waals surface area contributed by atoms with Crippen molar-refractivity contribution in [3.8, 4) is 11.1 Å². The van der Waals surface area contributed by atoms with Crippen LogP contribution < -0.4 is 11.1 Å². The second-order valence-corrected chi connectivity index (χ2v) is 16.5. The first-order chi connectivity index (χ1) is 25.6. The fourth-order valence-corrected chi connectivity index (χ4v) is 9.41. The van der Waals surface area contributed by atoms with Gasteiger partial charge in [-0.3, -0.25) is 14.4 Å². The van der Waals surface area contributed by atoms with Crippen molar-refractivity contribution in [2.45, 2.75) is 96.3 Å². The number of benzene rings is 1. The number of halogens is 1. The van der Waals surface area contributed by atoms with Crippen molar-refractivity contribution in [3.63, 3.8) is 0 Å². The Kier molecular flexibility index (Phi) is 11.5. The molecule has 4 aliphatic rings. The van der Waals surface area contributed by atoms with Gasteiger partial charge in [0.1, 0.15) is 11.6 Å². The molecule has 1 spiro atoms. The number of allylic oxidation sites excluding steroid dienone is 2. The molecule has 3 heterocycles. The van der Waals surface area contributed by atoms with Gasteiger partial charge in [0.2, 0.25) is 0 Å². The van der Waals surface area contributed by atoms with Gasteiger partial charge in [-0.1, -0.05) is 63.5 Å². The molecular weight excluding hydrogens is 668 g/mol. The summed E-state index contributed by atoms with van der Waals surface area (Å²) >= 11 is 0. The number of hydrogen-bond donors (Lipinski definition) is 3. The first-order valence-corrected chi connectivity index (χ1v) is 19.8. The number of anilines is 1. The maximum Gasteiger partial charge on any atom is 0.255 e. The number of carbonyl (C=O) groups is 1. The lowest BCUT2D eigenvalue weighted by molar-refractivity contribution is 0.0668. The largest absolute Gasteiger partial charge is 0.396 e. The fourth-order valence-electron chi connectivity index (χ4n) is 9.41. The lowest BCUT2D eigenvalue weighted by atomic mass is 9.84. The standard InChI is InChI=1S/C43H57FN6O3/c1-28-17-32(7-4-5-16-51)29(2)24-50(23-28)25-30-9-11-31(12-10-30)33-13-14-34(38(44)19-33)27-53-40-20-43(40)15-6-8-39(43)48-42(52)37-18-35(21-46-41(37)45)36-22-47-49(3)26-36/h9-11,13-14,18-19,21-22,26,28-29,31-32,39-40,51H,4-8,12,15-17,20,23-25,27H2,1-3H3,(H2,45,46)(H,48,52). The van der Waals surface area contributed by atoms with E-state index in [0.717, 1.165) is 87.2 Å². The van der Waals surface area contributed by atoms with Crippen molar-refractivity contribution < 1.29 is 19.0 Å². The Morgan fingerprint density at radius 2 is 2.04 bits per heavy atom. The van der Waals surface area contributed by atoms with Crippen LogP contribution in [-0.4, -0.2) is 69.1 Å². The molecule has 1 aliphatic heterocycles. The molecule has 7 atom stereocenters. The summed E-state index contributed by atoms with van der Waals surface area (Å²) in [6, 6.07) is 7.35. The van der Waals surface area contributed by atoms with Gasteiger partial charge >= 0.3 is 0 Å². The zero-order valence-electron chi connectivity index (χ0n) is 31.6. The number of amides is 1. The van der Waals surface area contributed by atoms with Gasteiger partial charge in [0.25, 0.3) is 5.91 Å². The van der Waals surface area contributed by atoms with Gasteiger partial charge in [-0.2, -0.15) is 5.10 Å². The van der Waals surface area contributed by atoms with Crippen LogP contribution in [0, 0.1) is 29.0 Å². The van der Waals surface area contributed by atoms with Crippen molar-refractivity contribution >= 4 is 11.7 Å². The van der Waals surface area contributed by atoms with Gasteiger partial charge in [-0.25, -0.2) is 9.37 Å². The number of nitrogens with two attached hydrogens (primary N) is 1. The molecule has 1 amide bonds. The van der Waals surface area contributed by atoms with E-state index in [-0.39, 0.29) is 47.6 Å². The molecule has 53 heavy (non-hydrogen) atoms. The third-order valence-corrected chi connectivity index (χ3v) is 12.5. The smallest absolute Gasteiger partial charge is 0.255 e. The normalized spacial score (nSPS) is 28.6. The molecule has 2 saturated carbocycles. The molecule has 10 heteroatoms. The Morgan fingerprint density at radius 3 is 2.79 bits per heavy atom. The van der Waals surface area contributed by atoms with E-state index in [0.29, 0.717) is 29.6 Å². The maximum absolute atomic E-state index is 15.5. The number of aromatic nitrogens is 3. The summed E-state index contributed by atoms with van der Waals surface area (Å²) in [5.41, 5.74) is 10.9. The number of aliphatic hydroxyl groups excluding tert-OH is 1. The number of ether oxygens (including phenoxy) is 1. The number of hydrogen-bond acceptors (Lipinski definition) is 7. The highest BCUT2D eigenvalue weighted by Gasteiger charge is 2.62. The summed E-state index contributed by atoms with van der Waals surface area (Å²) in [4.78, 5) is 20.4. The predicted octanol–water partition coefficient (Wildman–Crippen LogP) is 7.19. The Labute approximate surface area is 313 Å². The molecule has 0 bridgehead atoms. The molecule has 3 aliphatic carbocycles. The zero-order chi connectivity index (χ0) is 37.1.